The number of hydrogen-bond acceptors (Lipinski definition) is 3. The lowest BCUT2D eigenvalue weighted by Crippen LogP contribution is -2.47. The normalized spacial score (nSPS) is 14.2. The number of carbonyl (C=O) groups is 1. The molecule has 1 atom stereocenters. The van der Waals surface area contributed by atoms with Gasteiger partial charge in [0.1, 0.15) is 5.54 Å². The van der Waals surface area contributed by atoms with Crippen molar-refractivity contribution in [2.75, 3.05) is 13.2 Å². The second-order valence-electron chi connectivity index (χ2n) is 3.74. The van der Waals surface area contributed by atoms with Crippen LogP contribution in [0.15, 0.2) is 30.3 Å². The van der Waals surface area contributed by atoms with Crippen molar-refractivity contribution in [3.63, 3.8) is 0 Å². The molecule has 0 aliphatic heterocycles. The summed E-state index contributed by atoms with van der Waals surface area (Å²) in [6.45, 7) is 6.75. The van der Waals surface area contributed by atoms with Gasteiger partial charge in [0.25, 0.3) is 0 Å². The van der Waals surface area contributed by atoms with Gasteiger partial charge >= 0.3 is 5.97 Å². The first-order valence-corrected chi connectivity index (χ1v) is 5.63. The highest BCUT2D eigenvalue weighted by Crippen LogP contribution is 2.22. The molecule has 1 unspecified atom stereocenters. The van der Waals surface area contributed by atoms with Gasteiger partial charge < -0.3 is 4.74 Å². The number of ether oxygens (including phenoxy) is 1. The van der Waals surface area contributed by atoms with Gasteiger partial charge in [-0.25, -0.2) is 4.79 Å². The van der Waals surface area contributed by atoms with Crippen molar-refractivity contribution in [3.05, 3.63) is 35.9 Å². The highest BCUT2D eigenvalue weighted by atomic mass is 16.5. The molecule has 0 saturated carbocycles. The fraction of sp³-hybridized carbons (Fsp3) is 0.462. The number of likely N-dealkylation sites (N-methyl/N-ethyl adjacent to an activating group) is 1. The van der Waals surface area contributed by atoms with Crippen LogP contribution < -0.4 is 5.32 Å². The molecule has 0 heterocycles. The number of carbonyl (C=O) groups excluding carboxylic acids is 1. The molecule has 88 valence electrons. The van der Waals surface area contributed by atoms with Gasteiger partial charge in [0.2, 0.25) is 0 Å². The van der Waals surface area contributed by atoms with E-state index in [1.807, 2.05) is 51.1 Å². The molecule has 1 N–H and O–H groups in total. The molecule has 1 aromatic carbocycles. The van der Waals surface area contributed by atoms with Gasteiger partial charge in [0, 0.05) is 0 Å². The van der Waals surface area contributed by atoms with Crippen molar-refractivity contribution in [1.82, 2.24) is 5.32 Å². The first-order valence-electron chi connectivity index (χ1n) is 5.63. The second kappa shape index (κ2) is 5.66. The second-order valence-corrected chi connectivity index (χ2v) is 3.74. The summed E-state index contributed by atoms with van der Waals surface area (Å²) in [5.41, 5.74) is 0.168. The van der Waals surface area contributed by atoms with Gasteiger partial charge in [-0.3, -0.25) is 5.32 Å². The van der Waals surface area contributed by atoms with E-state index in [-0.39, 0.29) is 5.97 Å². The van der Waals surface area contributed by atoms with E-state index in [4.69, 9.17) is 4.74 Å². The van der Waals surface area contributed by atoms with Crippen LogP contribution in [0, 0.1) is 0 Å². The van der Waals surface area contributed by atoms with E-state index in [9.17, 15) is 4.79 Å². The molecule has 0 saturated heterocycles. The van der Waals surface area contributed by atoms with E-state index in [2.05, 4.69) is 5.32 Å². The minimum atomic E-state index is -0.758. The molecular weight excluding hydrogens is 202 g/mol. The van der Waals surface area contributed by atoms with Crippen LogP contribution in [-0.2, 0) is 15.1 Å². The van der Waals surface area contributed by atoms with Crippen molar-refractivity contribution in [1.29, 1.82) is 0 Å². The van der Waals surface area contributed by atoms with Gasteiger partial charge in [-0.15, -0.1) is 0 Å². The Morgan fingerprint density at radius 2 is 1.94 bits per heavy atom. The maximum atomic E-state index is 12.0. The van der Waals surface area contributed by atoms with Crippen LogP contribution in [0.2, 0.25) is 0 Å². The number of hydrogen-bond donors (Lipinski definition) is 1. The Kier molecular flexibility index (Phi) is 4.50. The highest BCUT2D eigenvalue weighted by Gasteiger charge is 2.35. The van der Waals surface area contributed by atoms with Crippen molar-refractivity contribution >= 4 is 5.97 Å². The van der Waals surface area contributed by atoms with E-state index in [0.717, 1.165) is 5.56 Å². The van der Waals surface area contributed by atoms with Crippen LogP contribution in [0.25, 0.3) is 0 Å². The molecule has 1 rings (SSSR count). The molecule has 0 bridgehead atoms. The molecule has 0 spiro atoms. The van der Waals surface area contributed by atoms with Gasteiger partial charge in [0.05, 0.1) is 6.61 Å². The molecule has 1 aromatic rings. The zero-order valence-electron chi connectivity index (χ0n) is 10.1. The molecule has 0 aliphatic rings. The van der Waals surface area contributed by atoms with Crippen molar-refractivity contribution < 1.29 is 9.53 Å². The molecule has 0 radical (unpaired) electrons. The molecule has 3 heteroatoms. The van der Waals surface area contributed by atoms with Gasteiger partial charge in [-0.2, -0.15) is 0 Å². The van der Waals surface area contributed by atoms with Crippen LogP contribution >= 0.6 is 0 Å². The Morgan fingerprint density at radius 3 is 2.44 bits per heavy atom. The SMILES string of the molecule is CCNC(C)(C(=O)OCC)c1ccccc1. The zero-order valence-corrected chi connectivity index (χ0v) is 10.1. The Balaban J connectivity index is 3.01. The number of rotatable bonds is 5. The Morgan fingerprint density at radius 1 is 1.31 bits per heavy atom. The topological polar surface area (TPSA) is 38.3 Å². The van der Waals surface area contributed by atoms with Gasteiger partial charge in [-0.05, 0) is 26.0 Å². The third-order valence-electron chi connectivity index (χ3n) is 2.57. The summed E-state index contributed by atoms with van der Waals surface area (Å²) >= 11 is 0. The molecule has 0 fully saturated rings. The summed E-state index contributed by atoms with van der Waals surface area (Å²) in [4.78, 5) is 12.0. The molecular formula is C13H19NO2. The average molecular weight is 221 g/mol. The number of benzene rings is 1. The predicted molar refractivity (Wildman–Crippen MR) is 64.1 cm³/mol. The molecule has 16 heavy (non-hydrogen) atoms. The van der Waals surface area contributed by atoms with Crippen molar-refractivity contribution in [2.24, 2.45) is 0 Å². The van der Waals surface area contributed by atoms with E-state index in [1.54, 1.807) is 0 Å². The lowest BCUT2D eigenvalue weighted by atomic mass is 9.92. The van der Waals surface area contributed by atoms with E-state index in [1.165, 1.54) is 0 Å². The third-order valence-corrected chi connectivity index (χ3v) is 2.57. The van der Waals surface area contributed by atoms with Crippen LogP contribution in [0.3, 0.4) is 0 Å². The maximum Gasteiger partial charge on any atom is 0.330 e. The molecule has 0 amide bonds. The highest BCUT2D eigenvalue weighted by molar-refractivity contribution is 5.82. The van der Waals surface area contributed by atoms with Crippen LogP contribution in [-0.4, -0.2) is 19.1 Å². The van der Waals surface area contributed by atoms with Crippen LogP contribution in [0.1, 0.15) is 26.3 Å². The lowest BCUT2D eigenvalue weighted by Gasteiger charge is -2.28. The number of nitrogens with one attached hydrogen (secondary N) is 1. The summed E-state index contributed by atoms with van der Waals surface area (Å²) in [6.07, 6.45) is 0. The maximum absolute atomic E-state index is 12.0. The summed E-state index contributed by atoms with van der Waals surface area (Å²) < 4.78 is 5.11. The summed E-state index contributed by atoms with van der Waals surface area (Å²) in [5.74, 6) is -0.233. The first kappa shape index (κ1) is 12.7. The molecule has 0 aromatic heterocycles. The van der Waals surface area contributed by atoms with Crippen molar-refractivity contribution in [3.8, 4) is 0 Å². The summed E-state index contributed by atoms with van der Waals surface area (Å²) in [7, 11) is 0. The van der Waals surface area contributed by atoms with E-state index < -0.39 is 5.54 Å². The number of esters is 1. The Labute approximate surface area is 96.8 Å². The fourth-order valence-corrected chi connectivity index (χ4v) is 1.69. The van der Waals surface area contributed by atoms with Crippen molar-refractivity contribution in [2.45, 2.75) is 26.3 Å². The Bertz CT molecular complexity index is 337. The fourth-order valence-electron chi connectivity index (χ4n) is 1.69. The van der Waals surface area contributed by atoms with Gasteiger partial charge in [-0.1, -0.05) is 37.3 Å². The van der Waals surface area contributed by atoms with Crippen LogP contribution in [0.4, 0.5) is 0 Å². The van der Waals surface area contributed by atoms with E-state index in [0.29, 0.717) is 13.2 Å². The quantitative estimate of drug-likeness (QED) is 0.774. The predicted octanol–water partition coefficient (Wildman–Crippen LogP) is 2.07. The monoisotopic (exact) mass is 221 g/mol. The standard InChI is InChI=1S/C13H19NO2/c1-4-14-13(3,12(15)16-5-2)11-9-7-6-8-10-11/h6-10,14H,4-5H2,1-3H3. The first-order chi connectivity index (χ1) is 7.65. The minimum absolute atomic E-state index is 0.233. The minimum Gasteiger partial charge on any atom is -0.464 e. The summed E-state index contributed by atoms with van der Waals surface area (Å²) in [6, 6.07) is 9.63. The van der Waals surface area contributed by atoms with Crippen LogP contribution in [0.5, 0.6) is 0 Å². The molecule has 0 aliphatic carbocycles. The Hall–Kier alpha value is -1.35. The largest absolute Gasteiger partial charge is 0.464 e. The molecule has 3 nitrogen and oxygen atoms in total. The van der Waals surface area contributed by atoms with Gasteiger partial charge in [0.15, 0.2) is 0 Å². The zero-order chi connectivity index (χ0) is 12.0. The lowest BCUT2D eigenvalue weighted by molar-refractivity contribution is -0.151. The third kappa shape index (κ3) is 2.61. The average Bonchev–Trinajstić information content (AvgIpc) is 2.30. The summed E-state index contributed by atoms with van der Waals surface area (Å²) in [5, 5.41) is 3.19. The van der Waals surface area contributed by atoms with E-state index >= 15 is 0 Å². The smallest absolute Gasteiger partial charge is 0.330 e.